The van der Waals surface area contributed by atoms with E-state index in [-0.39, 0.29) is 0 Å². The molecule has 2 N–H and O–H groups in total. The topological polar surface area (TPSA) is 63.2 Å². The van der Waals surface area contributed by atoms with Gasteiger partial charge in [-0.05, 0) is 13.8 Å². The molecule has 0 aromatic carbocycles. The summed E-state index contributed by atoms with van der Waals surface area (Å²) in [5.41, 5.74) is 6.37. The van der Waals surface area contributed by atoms with E-state index in [1.165, 1.54) is 13.1 Å². The fourth-order valence-electron chi connectivity index (χ4n) is 2.29. The zero-order valence-corrected chi connectivity index (χ0v) is 11.4. The Kier molecular flexibility index (Phi) is 4.68. The molecule has 1 aliphatic heterocycles. The number of nitrogens with two attached hydrogens (primary N) is 1. The maximum Gasteiger partial charge on any atom is 0.0962 e. The Bertz CT molecular complexity index is 353. The van der Waals surface area contributed by atoms with E-state index < -0.39 is 0 Å². The summed E-state index contributed by atoms with van der Waals surface area (Å²) in [4.78, 5) is 5.02. The van der Waals surface area contributed by atoms with Crippen molar-refractivity contribution in [3.8, 4) is 0 Å². The van der Waals surface area contributed by atoms with Crippen molar-refractivity contribution in [1.82, 2.24) is 24.8 Å². The second kappa shape index (κ2) is 6.26. The van der Waals surface area contributed by atoms with Crippen molar-refractivity contribution in [3.63, 3.8) is 0 Å². The lowest BCUT2D eigenvalue weighted by Gasteiger charge is -2.36. The molecule has 0 atom stereocenters. The van der Waals surface area contributed by atoms with Crippen molar-refractivity contribution in [2.75, 3.05) is 32.7 Å². The minimum absolute atomic E-state index is 0.465. The van der Waals surface area contributed by atoms with E-state index in [0.717, 1.165) is 31.9 Å². The van der Waals surface area contributed by atoms with Gasteiger partial charge >= 0.3 is 0 Å². The van der Waals surface area contributed by atoms with Crippen LogP contribution in [-0.4, -0.2) is 63.6 Å². The van der Waals surface area contributed by atoms with Crippen LogP contribution >= 0.6 is 0 Å². The molecule has 0 unspecified atom stereocenters. The number of hydrogen-bond donors (Lipinski definition) is 1. The summed E-state index contributed by atoms with van der Waals surface area (Å²) in [6.45, 7) is 11.6. The molecule has 0 spiro atoms. The molecule has 1 aromatic heterocycles. The van der Waals surface area contributed by atoms with Crippen LogP contribution in [0.15, 0.2) is 6.20 Å². The summed E-state index contributed by atoms with van der Waals surface area (Å²) in [7, 11) is 0. The Hall–Kier alpha value is -0.980. The van der Waals surface area contributed by atoms with Gasteiger partial charge in [0, 0.05) is 51.5 Å². The van der Waals surface area contributed by atoms with E-state index in [1.54, 1.807) is 0 Å². The van der Waals surface area contributed by atoms with Crippen molar-refractivity contribution in [1.29, 1.82) is 0 Å². The molecule has 2 rings (SSSR count). The molecular formula is C12H24N6. The first-order valence-electron chi connectivity index (χ1n) is 6.74. The number of piperazine rings is 1. The van der Waals surface area contributed by atoms with Crippen LogP contribution in [0.4, 0.5) is 0 Å². The molecule has 1 aromatic rings. The Morgan fingerprint density at radius 2 is 1.94 bits per heavy atom. The molecule has 0 bridgehead atoms. The van der Waals surface area contributed by atoms with Crippen LogP contribution in [0, 0.1) is 0 Å². The van der Waals surface area contributed by atoms with Crippen LogP contribution in [0.3, 0.4) is 0 Å². The Labute approximate surface area is 109 Å². The molecule has 0 aliphatic carbocycles. The molecule has 1 saturated heterocycles. The smallest absolute Gasteiger partial charge is 0.0962 e. The highest BCUT2D eigenvalue weighted by Crippen LogP contribution is 2.05. The van der Waals surface area contributed by atoms with Crippen molar-refractivity contribution in [2.45, 2.75) is 33.0 Å². The fraction of sp³-hybridized carbons (Fsp3) is 0.833. The fourth-order valence-corrected chi connectivity index (χ4v) is 2.29. The number of rotatable bonds is 5. The van der Waals surface area contributed by atoms with Gasteiger partial charge in [-0.1, -0.05) is 5.21 Å². The van der Waals surface area contributed by atoms with Gasteiger partial charge in [0.1, 0.15) is 0 Å². The summed E-state index contributed by atoms with van der Waals surface area (Å²) in [5.74, 6) is 0. The van der Waals surface area contributed by atoms with Crippen molar-refractivity contribution < 1.29 is 0 Å². The monoisotopic (exact) mass is 252 g/mol. The van der Waals surface area contributed by atoms with E-state index in [0.29, 0.717) is 12.6 Å². The second-order valence-electron chi connectivity index (χ2n) is 5.15. The first-order chi connectivity index (χ1) is 8.69. The predicted molar refractivity (Wildman–Crippen MR) is 71.1 cm³/mol. The molecule has 102 valence electrons. The van der Waals surface area contributed by atoms with Gasteiger partial charge in [-0.15, -0.1) is 5.10 Å². The summed E-state index contributed by atoms with van der Waals surface area (Å²) in [6, 6.07) is 0.662. The molecule has 6 nitrogen and oxygen atoms in total. The lowest BCUT2D eigenvalue weighted by Crippen LogP contribution is -2.49. The predicted octanol–water partition coefficient (Wildman–Crippen LogP) is -0.237. The quantitative estimate of drug-likeness (QED) is 0.784. The maximum absolute atomic E-state index is 5.51. The van der Waals surface area contributed by atoms with Crippen molar-refractivity contribution in [3.05, 3.63) is 11.9 Å². The maximum atomic E-state index is 5.51. The Morgan fingerprint density at radius 1 is 1.22 bits per heavy atom. The largest absolute Gasteiger partial charge is 0.325 e. The summed E-state index contributed by atoms with van der Waals surface area (Å²) in [6.07, 6.45) is 1.93. The lowest BCUT2D eigenvalue weighted by atomic mass is 10.2. The second-order valence-corrected chi connectivity index (χ2v) is 5.15. The van der Waals surface area contributed by atoms with Gasteiger partial charge in [0.15, 0.2) is 0 Å². The van der Waals surface area contributed by atoms with Crippen LogP contribution in [0.2, 0.25) is 0 Å². The lowest BCUT2D eigenvalue weighted by molar-refractivity contribution is 0.105. The first kappa shape index (κ1) is 13.5. The van der Waals surface area contributed by atoms with E-state index >= 15 is 0 Å². The van der Waals surface area contributed by atoms with Gasteiger partial charge < -0.3 is 5.73 Å². The summed E-state index contributed by atoms with van der Waals surface area (Å²) < 4.78 is 1.89. The molecule has 0 radical (unpaired) electrons. The standard InChI is InChI=1S/C12H24N6/c1-11(2)17-6-3-16(4-7-17)5-8-18-10-12(9-13)14-15-18/h10-11H,3-9,13H2,1-2H3. The van der Waals surface area contributed by atoms with E-state index in [1.807, 2.05) is 10.9 Å². The third-order valence-corrected chi connectivity index (χ3v) is 3.58. The van der Waals surface area contributed by atoms with Crippen molar-refractivity contribution >= 4 is 0 Å². The van der Waals surface area contributed by atoms with Gasteiger partial charge in [-0.25, -0.2) is 0 Å². The van der Waals surface area contributed by atoms with E-state index in [2.05, 4.69) is 34.0 Å². The molecule has 1 aliphatic rings. The van der Waals surface area contributed by atoms with Crippen LogP contribution in [0.5, 0.6) is 0 Å². The molecule has 0 amide bonds. The Balaban J connectivity index is 1.72. The van der Waals surface area contributed by atoms with Gasteiger partial charge in [0.05, 0.1) is 12.2 Å². The third-order valence-electron chi connectivity index (χ3n) is 3.58. The zero-order chi connectivity index (χ0) is 13.0. The highest BCUT2D eigenvalue weighted by Gasteiger charge is 2.18. The average molecular weight is 252 g/mol. The van der Waals surface area contributed by atoms with Crippen LogP contribution in [0.25, 0.3) is 0 Å². The zero-order valence-electron chi connectivity index (χ0n) is 11.4. The molecule has 6 heteroatoms. The highest BCUT2D eigenvalue weighted by atomic mass is 15.4. The molecule has 0 saturated carbocycles. The van der Waals surface area contributed by atoms with Gasteiger partial charge in [0.25, 0.3) is 0 Å². The third kappa shape index (κ3) is 3.51. The number of hydrogen-bond acceptors (Lipinski definition) is 5. The van der Waals surface area contributed by atoms with Gasteiger partial charge in [-0.2, -0.15) is 0 Å². The van der Waals surface area contributed by atoms with E-state index in [9.17, 15) is 0 Å². The van der Waals surface area contributed by atoms with Gasteiger partial charge in [-0.3, -0.25) is 14.5 Å². The molecular weight excluding hydrogens is 228 g/mol. The number of nitrogens with zero attached hydrogens (tertiary/aromatic N) is 5. The minimum atomic E-state index is 0.465. The molecule has 18 heavy (non-hydrogen) atoms. The average Bonchev–Trinajstić information content (AvgIpc) is 2.85. The Morgan fingerprint density at radius 3 is 2.50 bits per heavy atom. The van der Waals surface area contributed by atoms with Crippen LogP contribution < -0.4 is 5.73 Å². The van der Waals surface area contributed by atoms with Gasteiger partial charge in [0.2, 0.25) is 0 Å². The normalized spacial score (nSPS) is 18.7. The summed E-state index contributed by atoms with van der Waals surface area (Å²) >= 11 is 0. The van der Waals surface area contributed by atoms with E-state index in [4.69, 9.17) is 5.73 Å². The van der Waals surface area contributed by atoms with Crippen LogP contribution in [0.1, 0.15) is 19.5 Å². The summed E-state index contributed by atoms with van der Waals surface area (Å²) in [5, 5.41) is 8.06. The molecule has 1 fully saturated rings. The minimum Gasteiger partial charge on any atom is -0.325 e. The first-order valence-corrected chi connectivity index (χ1v) is 6.74. The van der Waals surface area contributed by atoms with Crippen LogP contribution in [-0.2, 0) is 13.1 Å². The van der Waals surface area contributed by atoms with Crippen molar-refractivity contribution in [2.24, 2.45) is 5.73 Å². The SMILES string of the molecule is CC(C)N1CCN(CCn2cc(CN)nn2)CC1. The number of aromatic nitrogens is 3. The highest BCUT2D eigenvalue weighted by molar-refractivity contribution is 4.90. The molecule has 2 heterocycles.